The second-order valence-corrected chi connectivity index (χ2v) is 15.1. The van der Waals surface area contributed by atoms with Crippen LogP contribution >= 0.6 is 11.3 Å². The summed E-state index contributed by atoms with van der Waals surface area (Å²) in [5, 5.41) is 25.5. The largest absolute Gasteiger partial charge is 0.512 e. The molecule has 8 heteroatoms. The molecule has 6 nitrogen and oxygen atoms in total. The Kier molecular flexibility index (Phi) is 13.9. The maximum absolute atomic E-state index is 11.9. The molecule has 0 fully saturated rings. The summed E-state index contributed by atoms with van der Waals surface area (Å²) >= 11 is 1.59. The van der Waals surface area contributed by atoms with Gasteiger partial charge in [0, 0.05) is 58.5 Å². The summed E-state index contributed by atoms with van der Waals surface area (Å²) in [6.07, 6.45) is 7.30. The predicted octanol–water partition coefficient (Wildman–Crippen LogP) is 12.1. The van der Waals surface area contributed by atoms with Crippen LogP contribution in [0.4, 0.5) is 5.69 Å². The van der Waals surface area contributed by atoms with Gasteiger partial charge < -0.3 is 5.11 Å². The smallest absolute Gasteiger partial charge is 0.295 e. The van der Waals surface area contributed by atoms with E-state index < -0.39 is 0 Å². The number of aliphatic hydroxyl groups excluding tert-OH is 1. The Labute approximate surface area is 308 Å². The first-order valence-corrected chi connectivity index (χ1v) is 17.9. The van der Waals surface area contributed by atoms with E-state index in [0.717, 1.165) is 80.0 Å². The van der Waals surface area contributed by atoms with Crippen LogP contribution in [0.3, 0.4) is 0 Å². The Balaban J connectivity index is 0.000000347. The number of carbonyl (C=O) groups is 1. The third-order valence-electron chi connectivity index (χ3n) is 8.94. The van der Waals surface area contributed by atoms with E-state index in [0.29, 0.717) is 5.39 Å². The average Bonchev–Trinajstić information content (AvgIpc) is 3.40. The summed E-state index contributed by atoms with van der Waals surface area (Å²) in [6.45, 7) is 18.8. The van der Waals surface area contributed by atoms with Crippen molar-refractivity contribution in [2.45, 2.75) is 94.4 Å². The molecule has 5 rings (SSSR count). The number of hydrogen-bond donors (Lipinski definition) is 1. The number of rotatable bonds is 10. The van der Waals surface area contributed by atoms with E-state index in [1.165, 1.54) is 17.8 Å². The average molecular weight is 858 g/mol. The third-order valence-corrected chi connectivity index (χ3v) is 10.2. The van der Waals surface area contributed by atoms with Crippen molar-refractivity contribution >= 4 is 53.8 Å². The SMILES string of the molecule is CCC(CC)C(=O)/C=C(\O)C(CC)CC.Cc1[c-]c(-c2ncc([N+](=O)[O-])c3c2sc2c4ccc(CC(C)(C)C)cc4ccc23)cc(C)c1.[Ir]. The molecule has 1 N–H and O–H groups in total. The van der Waals surface area contributed by atoms with Crippen molar-refractivity contribution in [3.05, 3.63) is 93.4 Å². The number of ketones is 1. The number of nitrogens with zero attached hydrogens (tertiary/aromatic N) is 2. The fraction of sp³-hybridized carbons (Fsp3) is 0.415. The molecule has 0 saturated carbocycles. The van der Waals surface area contributed by atoms with Gasteiger partial charge in [-0.1, -0.05) is 92.6 Å². The van der Waals surface area contributed by atoms with Crippen LogP contribution in [0, 0.1) is 47.3 Å². The quantitative estimate of drug-likeness (QED) is 0.0496. The molecule has 0 saturated heterocycles. The zero-order valence-corrected chi connectivity index (χ0v) is 33.4. The van der Waals surface area contributed by atoms with Gasteiger partial charge >= 0.3 is 0 Å². The van der Waals surface area contributed by atoms with Crippen LogP contribution in [-0.4, -0.2) is 20.8 Å². The molecule has 2 aromatic heterocycles. The minimum atomic E-state index is -0.326. The number of hydrogen-bond acceptors (Lipinski definition) is 6. The normalized spacial score (nSPS) is 12.0. The second kappa shape index (κ2) is 17.0. The topological polar surface area (TPSA) is 93.3 Å². The Morgan fingerprint density at radius 3 is 2.16 bits per heavy atom. The van der Waals surface area contributed by atoms with E-state index in [9.17, 15) is 20.0 Å². The first-order chi connectivity index (χ1) is 22.7. The molecule has 0 aliphatic carbocycles. The number of carbonyl (C=O) groups excluding carboxylic acids is 1. The van der Waals surface area contributed by atoms with E-state index in [-0.39, 0.29) is 59.5 Å². The summed E-state index contributed by atoms with van der Waals surface area (Å²) < 4.78 is 1.90. The van der Waals surface area contributed by atoms with Crippen molar-refractivity contribution in [1.29, 1.82) is 0 Å². The molecule has 0 unspecified atom stereocenters. The molecule has 0 amide bonds. The molecular weight excluding hydrogens is 809 g/mol. The van der Waals surface area contributed by atoms with Gasteiger partial charge in [0.25, 0.3) is 5.69 Å². The summed E-state index contributed by atoms with van der Waals surface area (Å²) in [5.74, 6) is 0.547. The molecular formula is C41H49IrN2O4S-. The van der Waals surface area contributed by atoms with Gasteiger partial charge in [0.05, 0.1) is 22.3 Å². The number of aryl methyl sites for hydroxylation is 2. The van der Waals surface area contributed by atoms with Gasteiger partial charge in [-0.3, -0.25) is 19.9 Å². The van der Waals surface area contributed by atoms with Crippen molar-refractivity contribution in [3.63, 3.8) is 0 Å². The first-order valence-electron chi connectivity index (χ1n) is 17.1. The number of benzene rings is 3. The standard InChI is InChI=1S/C28H25N2O2S.C13H24O2.Ir/c1-16-10-17(2)12-20(11-16)25-27-24(23(15-29-25)30(31)32)22-9-7-19-13-18(14-28(3,4)5)6-8-21(19)26(22)33-27;1-5-10(6-2)12(14)9-13(15)11(7-3)8-4;/h6-11,13,15H,14H2,1-5H3;9-11,14H,5-8H2,1-4H3;/q-1;;/b;12-9-;. The van der Waals surface area contributed by atoms with Crippen LogP contribution in [0.2, 0.25) is 0 Å². The molecule has 263 valence electrons. The Hall–Kier alpha value is -3.45. The number of thiophene rings is 1. The number of nitro groups is 1. The molecule has 0 aliphatic rings. The fourth-order valence-electron chi connectivity index (χ4n) is 6.46. The van der Waals surface area contributed by atoms with Crippen LogP contribution in [-0.2, 0) is 31.3 Å². The van der Waals surface area contributed by atoms with E-state index in [1.54, 1.807) is 11.3 Å². The molecule has 5 aromatic rings. The van der Waals surface area contributed by atoms with Crippen molar-refractivity contribution in [1.82, 2.24) is 4.98 Å². The van der Waals surface area contributed by atoms with Crippen LogP contribution in [0.25, 0.3) is 42.2 Å². The van der Waals surface area contributed by atoms with Gasteiger partial charge in [-0.2, -0.15) is 0 Å². The molecule has 2 heterocycles. The van der Waals surface area contributed by atoms with E-state index in [4.69, 9.17) is 0 Å². The molecule has 3 aromatic carbocycles. The third kappa shape index (κ3) is 9.42. The van der Waals surface area contributed by atoms with E-state index >= 15 is 0 Å². The van der Waals surface area contributed by atoms with Crippen LogP contribution in [0.15, 0.2) is 60.5 Å². The van der Waals surface area contributed by atoms with E-state index in [2.05, 4.69) is 62.2 Å². The van der Waals surface area contributed by atoms with Gasteiger partial charge in [-0.25, -0.2) is 0 Å². The van der Waals surface area contributed by atoms with Crippen molar-refractivity contribution in [3.8, 4) is 11.3 Å². The van der Waals surface area contributed by atoms with Gasteiger partial charge in [0.1, 0.15) is 0 Å². The molecule has 0 aliphatic heterocycles. The molecule has 1 radical (unpaired) electrons. The van der Waals surface area contributed by atoms with E-state index in [1.807, 2.05) is 53.7 Å². The molecule has 0 spiro atoms. The van der Waals surface area contributed by atoms with Crippen molar-refractivity contribution < 1.29 is 34.9 Å². The second-order valence-electron chi connectivity index (χ2n) is 14.0. The van der Waals surface area contributed by atoms with Gasteiger partial charge in [-0.05, 0) is 53.9 Å². The maximum Gasteiger partial charge on any atom is 0.295 e. The Bertz CT molecular complexity index is 1960. The van der Waals surface area contributed by atoms with Crippen LogP contribution < -0.4 is 0 Å². The summed E-state index contributed by atoms with van der Waals surface area (Å²) in [5.41, 5.74) is 5.32. The Morgan fingerprint density at radius 1 is 0.959 bits per heavy atom. The number of pyridine rings is 1. The minimum Gasteiger partial charge on any atom is -0.512 e. The van der Waals surface area contributed by atoms with Crippen molar-refractivity contribution in [2.75, 3.05) is 0 Å². The number of aromatic nitrogens is 1. The number of fused-ring (bicyclic) bond motifs is 5. The van der Waals surface area contributed by atoms with Gasteiger partial charge in [-0.15, -0.1) is 46.2 Å². The zero-order valence-electron chi connectivity index (χ0n) is 30.2. The maximum atomic E-state index is 11.9. The van der Waals surface area contributed by atoms with Crippen LogP contribution in [0.1, 0.15) is 90.8 Å². The van der Waals surface area contributed by atoms with Crippen LogP contribution in [0.5, 0.6) is 0 Å². The molecule has 0 atom stereocenters. The van der Waals surface area contributed by atoms with Crippen molar-refractivity contribution in [2.24, 2.45) is 17.3 Å². The number of aliphatic hydroxyl groups is 1. The Morgan fingerprint density at radius 2 is 1.59 bits per heavy atom. The monoisotopic (exact) mass is 858 g/mol. The predicted molar refractivity (Wildman–Crippen MR) is 202 cm³/mol. The fourth-order valence-corrected chi connectivity index (χ4v) is 7.81. The minimum absolute atomic E-state index is 0. The molecule has 49 heavy (non-hydrogen) atoms. The zero-order chi connectivity index (χ0) is 35.3. The summed E-state index contributed by atoms with van der Waals surface area (Å²) in [6, 6.07) is 18.2. The number of allylic oxidation sites excluding steroid dienone is 2. The first kappa shape index (κ1) is 40.0. The van der Waals surface area contributed by atoms with Gasteiger partial charge in [0.2, 0.25) is 0 Å². The summed E-state index contributed by atoms with van der Waals surface area (Å²) in [4.78, 5) is 27.9. The molecule has 0 bridgehead atoms. The summed E-state index contributed by atoms with van der Waals surface area (Å²) in [7, 11) is 0. The van der Waals surface area contributed by atoms with Gasteiger partial charge in [0.15, 0.2) is 5.78 Å².